The van der Waals surface area contributed by atoms with Gasteiger partial charge in [-0.2, -0.15) is 0 Å². The van der Waals surface area contributed by atoms with E-state index in [0.29, 0.717) is 11.8 Å². The highest BCUT2D eigenvalue weighted by atomic mass is 32.2. The molecule has 0 radical (unpaired) electrons. The number of amides is 1. The number of hydrogen-bond donors (Lipinski definition) is 2. The maximum absolute atomic E-state index is 11.9. The summed E-state index contributed by atoms with van der Waals surface area (Å²) in [6.45, 7) is 4.07. The molecule has 0 aliphatic carbocycles. The van der Waals surface area contributed by atoms with Crippen molar-refractivity contribution >= 4 is 23.3 Å². The van der Waals surface area contributed by atoms with Crippen LogP contribution in [0.3, 0.4) is 0 Å². The molecule has 1 aliphatic rings. The average Bonchev–Trinajstić information content (AvgIpc) is 2.90. The molecule has 1 saturated heterocycles. The van der Waals surface area contributed by atoms with E-state index < -0.39 is 0 Å². The van der Waals surface area contributed by atoms with Gasteiger partial charge in [-0.15, -0.1) is 11.8 Å². The quantitative estimate of drug-likeness (QED) is 0.882. The van der Waals surface area contributed by atoms with Crippen LogP contribution in [-0.2, 0) is 10.5 Å². The summed E-state index contributed by atoms with van der Waals surface area (Å²) < 4.78 is 2.04. The van der Waals surface area contributed by atoms with Crippen LogP contribution in [0.4, 0.5) is 0 Å². The van der Waals surface area contributed by atoms with E-state index in [1.807, 2.05) is 16.7 Å². The number of thioether (sulfide) groups is 1. The smallest absolute Gasteiger partial charge is 0.230 e. The molecule has 22 heavy (non-hydrogen) atoms. The number of hydrogen-bond acceptors (Lipinski definition) is 4. The fourth-order valence-corrected chi connectivity index (χ4v) is 3.43. The van der Waals surface area contributed by atoms with Crippen molar-refractivity contribution in [3.8, 4) is 0 Å². The predicted octanol–water partition coefficient (Wildman–Crippen LogP) is 1.74. The fourth-order valence-electron chi connectivity index (χ4n) is 2.71. The summed E-state index contributed by atoms with van der Waals surface area (Å²) in [6, 6.07) is 4.42. The molecule has 0 saturated carbocycles. The lowest BCUT2D eigenvalue weighted by molar-refractivity contribution is -0.119. The van der Waals surface area contributed by atoms with Gasteiger partial charge in [0.15, 0.2) is 0 Å². The van der Waals surface area contributed by atoms with Gasteiger partial charge >= 0.3 is 0 Å². The first kappa shape index (κ1) is 15.4. The minimum Gasteiger partial charge on any atom is -0.353 e. The Hall–Kier alpha value is -1.53. The van der Waals surface area contributed by atoms with Crippen molar-refractivity contribution in [2.45, 2.75) is 31.6 Å². The highest BCUT2D eigenvalue weighted by Gasteiger charge is 2.15. The second-order valence-corrected chi connectivity index (χ2v) is 6.77. The van der Waals surface area contributed by atoms with Crippen LogP contribution >= 0.6 is 11.8 Å². The number of rotatable bonds is 5. The Morgan fingerprint density at radius 3 is 3.05 bits per heavy atom. The number of pyridine rings is 1. The summed E-state index contributed by atoms with van der Waals surface area (Å²) in [4.78, 5) is 16.5. The summed E-state index contributed by atoms with van der Waals surface area (Å²) in [5, 5.41) is 6.42. The molecule has 3 heterocycles. The lowest BCUT2D eigenvalue weighted by atomic mass is 10.1. The second-order valence-electron chi connectivity index (χ2n) is 5.79. The number of imidazole rings is 1. The molecule has 0 atom stereocenters. The van der Waals surface area contributed by atoms with Gasteiger partial charge in [0.25, 0.3) is 0 Å². The Labute approximate surface area is 134 Å². The van der Waals surface area contributed by atoms with E-state index in [1.165, 1.54) is 5.56 Å². The van der Waals surface area contributed by atoms with Crippen LogP contribution in [0.2, 0.25) is 0 Å². The maximum atomic E-state index is 11.9. The first-order valence-corrected chi connectivity index (χ1v) is 8.88. The van der Waals surface area contributed by atoms with E-state index >= 15 is 0 Å². The molecule has 1 amide bonds. The molecule has 1 aliphatic heterocycles. The summed E-state index contributed by atoms with van der Waals surface area (Å²) in [7, 11) is 0. The van der Waals surface area contributed by atoms with Crippen LogP contribution in [0.5, 0.6) is 0 Å². The van der Waals surface area contributed by atoms with Crippen LogP contribution < -0.4 is 10.6 Å². The Kier molecular flexibility index (Phi) is 5.00. The summed E-state index contributed by atoms with van der Waals surface area (Å²) in [5.41, 5.74) is 3.19. The van der Waals surface area contributed by atoms with Gasteiger partial charge in [0.2, 0.25) is 5.91 Å². The molecule has 2 N–H and O–H groups in total. The molecule has 0 unspecified atom stereocenters. The van der Waals surface area contributed by atoms with Gasteiger partial charge in [0.1, 0.15) is 5.65 Å². The van der Waals surface area contributed by atoms with Crippen LogP contribution in [0.15, 0.2) is 24.5 Å². The Bertz CT molecular complexity index is 649. The largest absolute Gasteiger partial charge is 0.353 e. The van der Waals surface area contributed by atoms with E-state index in [2.05, 4.69) is 34.8 Å². The third-order valence-corrected chi connectivity index (χ3v) is 4.80. The lowest BCUT2D eigenvalue weighted by Crippen LogP contribution is -2.43. The molecule has 2 aromatic rings. The van der Waals surface area contributed by atoms with Crippen LogP contribution in [0.1, 0.15) is 24.1 Å². The minimum absolute atomic E-state index is 0.136. The van der Waals surface area contributed by atoms with Crippen molar-refractivity contribution in [3.63, 3.8) is 0 Å². The van der Waals surface area contributed by atoms with Crippen molar-refractivity contribution in [1.29, 1.82) is 0 Å². The van der Waals surface area contributed by atoms with Gasteiger partial charge in [-0.3, -0.25) is 4.79 Å². The molecule has 6 heteroatoms. The molecule has 5 nitrogen and oxygen atoms in total. The van der Waals surface area contributed by atoms with Crippen LogP contribution in [-0.4, -0.2) is 40.2 Å². The van der Waals surface area contributed by atoms with Crippen LogP contribution in [0, 0.1) is 6.92 Å². The minimum atomic E-state index is 0.136. The Balaban J connectivity index is 1.46. The molecule has 0 aromatic carbocycles. The predicted molar refractivity (Wildman–Crippen MR) is 90.1 cm³/mol. The van der Waals surface area contributed by atoms with E-state index in [9.17, 15) is 4.79 Å². The van der Waals surface area contributed by atoms with Gasteiger partial charge in [-0.05, 0) is 44.5 Å². The molecule has 3 rings (SSSR count). The summed E-state index contributed by atoms with van der Waals surface area (Å²) in [6.07, 6.45) is 6.17. The zero-order valence-corrected chi connectivity index (χ0v) is 13.7. The average molecular weight is 318 g/mol. The van der Waals surface area contributed by atoms with Crippen molar-refractivity contribution in [1.82, 2.24) is 20.0 Å². The van der Waals surface area contributed by atoms with E-state index in [-0.39, 0.29) is 5.91 Å². The Morgan fingerprint density at radius 2 is 2.23 bits per heavy atom. The molecule has 0 bridgehead atoms. The SMILES string of the molecule is Cc1ccc2nc(CSCC(=O)NC3CCNCC3)cn2c1. The number of piperidine rings is 1. The number of fused-ring (bicyclic) bond motifs is 1. The summed E-state index contributed by atoms with van der Waals surface area (Å²) in [5.74, 6) is 1.40. The highest BCUT2D eigenvalue weighted by Crippen LogP contribution is 2.14. The second kappa shape index (κ2) is 7.15. The van der Waals surface area contributed by atoms with E-state index in [0.717, 1.165) is 43.0 Å². The molecular formula is C16H22N4OS. The van der Waals surface area contributed by atoms with Gasteiger partial charge in [-0.1, -0.05) is 6.07 Å². The van der Waals surface area contributed by atoms with Gasteiger partial charge in [0, 0.05) is 24.2 Å². The number of nitrogens with one attached hydrogen (secondary N) is 2. The number of aromatic nitrogens is 2. The van der Waals surface area contributed by atoms with Gasteiger partial charge in [0.05, 0.1) is 11.4 Å². The van der Waals surface area contributed by atoms with Crippen molar-refractivity contribution < 1.29 is 4.79 Å². The van der Waals surface area contributed by atoms with Gasteiger partial charge < -0.3 is 15.0 Å². The maximum Gasteiger partial charge on any atom is 0.230 e. The highest BCUT2D eigenvalue weighted by molar-refractivity contribution is 7.99. The fraction of sp³-hybridized carbons (Fsp3) is 0.500. The number of carbonyl (C=O) groups is 1. The number of aryl methyl sites for hydroxylation is 1. The van der Waals surface area contributed by atoms with E-state index in [4.69, 9.17) is 0 Å². The topological polar surface area (TPSA) is 58.4 Å². The third kappa shape index (κ3) is 4.01. The zero-order chi connectivity index (χ0) is 15.4. The number of carbonyl (C=O) groups excluding carboxylic acids is 1. The molecule has 0 spiro atoms. The molecule has 1 fully saturated rings. The van der Waals surface area contributed by atoms with Crippen molar-refractivity contribution in [2.24, 2.45) is 0 Å². The molecular weight excluding hydrogens is 296 g/mol. The van der Waals surface area contributed by atoms with Crippen LogP contribution in [0.25, 0.3) is 5.65 Å². The monoisotopic (exact) mass is 318 g/mol. The normalized spacial score (nSPS) is 16.0. The summed E-state index contributed by atoms with van der Waals surface area (Å²) >= 11 is 1.62. The first-order chi connectivity index (χ1) is 10.7. The Morgan fingerprint density at radius 1 is 1.41 bits per heavy atom. The van der Waals surface area contributed by atoms with Crippen molar-refractivity contribution in [2.75, 3.05) is 18.8 Å². The van der Waals surface area contributed by atoms with Crippen molar-refractivity contribution in [3.05, 3.63) is 35.8 Å². The van der Waals surface area contributed by atoms with Gasteiger partial charge in [-0.25, -0.2) is 4.98 Å². The molecule has 118 valence electrons. The lowest BCUT2D eigenvalue weighted by Gasteiger charge is -2.23. The molecule has 2 aromatic heterocycles. The standard InChI is InChI=1S/C16H22N4OS/c1-12-2-3-15-18-14(9-20(15)8-12)10-22-11-16(21)19-13-4-6-17-7-5-13/h2-3,8-9,13,17H,4-7,10-11H2,1H3,(H,19,21). The zero-order valence-electron chi connectivity index (χ0n) is 12.8. The first-order valence-electron chi connectivity index (χ1n) is 7.73. The third-order valence-electron chi connectivity index (χ3n) is 3.84. The number of nitrogens with zero attached hydrogens (tertiary/aromatic N) is 2. The van der Waals surface area contributed by atoms with E-state index in [1.54, 1.807) is 11.8 Å².